The standard InChI is InChI=1S/C12H24N2O/c1-12(2)9-11(3-6-13-12)14-10-4-7-15-8-5-10/h10-11,13-14H,3-9H2,1-2H3. The molecule has 3 heteroatoms. The van der Waals surface area contributed by atoms with Gasteiger partial charge in [0.25, 0.3) is 0 Å². The van der Waals surface area contributed by atoms with Crippen LogP contribution in [0.3, 0.4) is 0 Å². The van der Waals surface area contributed by atoms with Gasteiger partial charge in [-0.3, -0.25) is 0 Å². The van der Waals surface area contributed by atoms with Gasteiger partial charge in [-0.05, 0) is 46.1 Å². The van der Waals surface area contributed by atoms with Crippen LogP contribution in [0.1, 0.15) is 39.5 Å². The van der Waals surface area contributed by atoms with E-state index in [1.54, 1.807) is 0 Å². The summed E-state index contributed by atoms with van der Waals surface area (Å²) in [7, 11) is 0. The molecule has 0 spiro atoms. The fourth-order valence-electron chi connectivity index (χ4n) is 2.71. The summed E-state index contributed by atoms with van der Waals surface area (Å²) in [5, 5.41) is 7.35. The minimum absolute atomic E-state index is 0.307. The lowest BCUT2D eigenvalue weighted by molar-refractivity contribution is 0.0712. The molecule has 2 saturated heterocycles. The maximum atomic E-state index is 5.38. The summed E-state index contributed by atoms with van der Waals surface area (Å²) in [6.07, 6.45) is 4.87. The highest BCUT2D eigenvalue weighted by Crippen LogP contribution is 2.20. The van der Waals surface area contributed by atoms with Crippen molar-refractivity contribution in [2.45, 2.75) is 57.2 Å². The van der Waals surface area contributed by atoms with Crippen molar-refractivity contribution in [1.29, 1.82) is 0 Å². The van der Waals surface area contributed by atoms with Crippen molar-refractivity contribution in [3.8, 4) is 0 Å². The number of ether oxygens (including phenoxy) is 1. The van der Waals surface area contributed by atoms with Crippen LogP contribution in [-0.4, -0.2) is 37.4 Å². The Balaban J connectivity index is 1.78. The van der Waals surface area contributed by atoms with E-state index in [2.05, 4.69) is 24.5 Å². The zero-order valence-electron chi connectivity index (χ0n) is 10.0. The lowest BCUT2D eigenvalue weighted by Crippen LogP contribution is -2.54. The zero-order chi connectivity index (χ0) is 10.7. The average Bonchev–Trinajstić information content (AvgIpc) is 2.17. The van der Waals surface area contributed by atoms with E-state index in [4.69, 9.17) is 4.74 Å². The van der Waals surface area contributed by atoms with Gasteiger partial charge in [0.1, 0.15) is 0 Å². The van der Waals surface area contributed by atoms with E-state index in [-0.39, 0.29) is 0 Å². The number of rotatable bonds is 2. The SMILES string of the molecule is CC1(C)CC(NC2CCOCC2)CCN1. The molecule has 0 radical (unpaired) electrons. The maximum absolute atomic E-state index is 5.38. The molecule has 2 aliphatic rings. The highest BCUT2D eigenvalue weighted by atomic mass is 16.5. The Bertz CT molecular complexity index is 200. The molecule has 15 heavy (non-hydrogen) atoms. The Morgan fingerprint density at radius 2 is 1.87 bits per heavy atom. The summed E-state index contributed by atoms with van der Waals surface area (Å²) in [4.78, 5) is 0. The Labute approximate surface area is 93.0 Å². The van der Waals surface area contributed by atoms with Crippen molar-refractivity contribution < 1.29 is 4.74 Å². The zero-order valence-corrected chi connectivity index (χ0v) is 10.0. The van der Waals surface area contributed by atoms with Crippen LogP contribution in [0.5, 0.6) is 0 Å². The van der Waals surface area contributed by atoms with Gasteiger partial charge >= 0.3 is 0 Å². The molecule has 1 atom stereocenters. The first-order chi connectivity index (χ1) is 7.16. The Hall–Kier alpha value is -0.120. The first-order valence-electron chi connectivity index (χ1n) is 6.24. The van der Waals surface area contributed by atoms with Gasteiger partial charge in [0.15, 0.2) is 0 Å². The quantitative estimate of drug-likeness (QED) is 0.723. The molecule has 88 valence electrons. The van der Waals surface area contributed by atoms with Crippen molar-refractivity contribution in [3.05, 3.63) is 0 Å². The molecule has 0 aliphatic carbocycles. The molecule has 0 aromatic rings. The molecule has 0 saturated carbocycles. The number of hydrogen-bond donors (Lipinski definition) is 2. The molecule has 2 fully saturated rings. The van der Waals surface area contributed by atoms with Crippen molar-refractivity contribution in [2.24, 2.45) is 0 Å². The summed E-state index contributed by atoms with van der Waals surface area (Å²) < 4.78 is 5.38. The van der Waals surface area contributed by atoms with E-state index in [0.717, 1.165) is 19.8 Å². The van der Waals surface area contributed by atoms with Crippen LogP contribution in [-0.2, 0) is 4.74 Å². The van der Waals surface area contributed by atoms with Gasteiger partial charge in [-0.25, -0.2) is 0 Å². The topological polar surface area (TPSA) is 33.3 Å². The number of nitrogens with one attached hydrogen (secondary N) is 2. The fourth-order valence-corrected chi connectivity index (χ4v) is 2.71. The third-order valence-electron chi connectivity index (χ3n) is 3.55. The van der Waals surface area contributed by atoms with Crippen molar-refractivity contribution >= 4 is 0 Å². The molecule has 0 amide bonds. The highest BCUT2D eigenvalue weighted by Gasteiger charge is 2.28. The summed E-state index contributed by atoms with van der Waals surface area (Å²) in [6.45, 7) is 7.61. The molecule has 2 N–H and O–H groups in total. The Kier molecular flexibility index (Phi) is 3.65. The molecule has 0 aromatic carbocycles. The van der Waals surface area contributed by atoms with Gasteiger partial charge in [0, 0.05) is 30.8 Å². The van der Waals surface area contributed by atoms with Crippen molar-refractivity contribution in [1.82, 2.24) is 10.6 Å². The van der Waals surface area contributed by atoms with E-state index in [1.807, 2.05) is 0 Å². The predicted octanol–water partition coefficient (Wildman–Crippen LogP) is 1.29. The molecule has 0 bridgehead atoms. The van der Waals surface area contributed by atoms with Crippen molar-refractivity contribution in [3.63, 3.8) is 0 Å². The third kappa shape index (κ3) is 3.44. The van der Waals surface area contributed by atoms with Crippen LogP contribution in [0.4, 0.5) is 0 Å². The minimum Gasteiger partial charge on any atom is -0.381 e. The fraction of sp³-hybridized carbons (Fsp3) is 1.00. The largest absolute Gasteiger partial charge is 0.381 e. The summed E-state index contributed by atoms with van der Waals surface area (Å²) in [5.41, 5.74) is 0.307. The molecule has 3 nitrogen and oxygen atoms in total. The Morgan fingerprint density at radius 1 is 1.13 bits per heavy atom. The van der Waals surface area contributed by atoms with Gasteiger partial charge in [0.2, 0.25) is 0 Å². The molecule has 2 aliphatic heterocycles. The predicted molar refractivity (Wildman–Crippen MR) is 62.1 cm³/mol. The minimum atomic E-state index is 0.307. The smallest absolute Gasteiger partial charge is 0.0480 e. The molecular formula is C12H24N2O. The molecule has 2 heterocycles. The van der Waals surface area contributed by atoms with E-state index in [0.29, 0.717) is 17.6 Å². The van der Waals surface area contributed by atoms with Crippen LogP contribution in [0.25, 0.3) is 0 Å². The highest BCUT2D eigenvalue weighted by molar-refractivity contribution is 4.90. The second kappa shape index (κ2) is 4.81. The molecule has 2 rings (SSSR count). The van der Waals surface area contributed by atoms with Gasteiger partial charge < -0.3 is 15.4 Å². The summed E-state index contributed by atoms with van der Waals surface area (Å²) in [5.74, 6) is 0. The van der Waals surface area contributed by atoms with E-state index >= 15 is 0 Å². The average molecular weight is 212 g/mol. The maximum Gasteiger partial charge on any atom is 0.0480 e. The molecule has 1 unspecified atom stereocenters. The summed E-state index contributed by atoms with van der Waals surface area (Å²) >= 11 is 0. The Morgan fingerprint density at radius 3 is 2.53 bits per heavy atom. The molecular weight excluding hydrogens is 188 g/mol. The van der Waals surface area contributed by atoms with Gasteiger partial charge in [0.05, 0.1) is 0 Å². The number of piperidine rings is 1. The first-order valence-corrected chi connectivity index (χ1v) is 6.24. The van der Waals surface area contributed by atoms with Gasteiger partial charge in [-0.1, -0.05) is 0 Å². The van der Waals surface area contributed by atoms with E-state index in [9.17, 15) is 0 Å². The third-order valence-corrected chi connectivity index (χ3v) is 3.55. The second-order valence-corrected chi connectivity index (χ2v) is 5.55. The monoisotopic (exact) mass is 212 g/mol. The normalized spacial score (nSPS) is 32.8. The van der Waals surface area contributed by atoms with Crippen LogP contribution >= 0.6 is 0 Å². The van der Waals surface area contributed by atoms with Crippen LogP contribution in [0.15, 0.2) is 0 Å². The second-order valence-electron chi connectivity index (χ2n) is 5.55. The van der Waals surface area contributed by atoms with Gasteiger partial charge in [-0.15, -0.1) is 0 Å². The lowest BCUT2D eigenvalue weighted by Gasteiger charge is -2.39. The van der Waals surface area contributed by atoms with Gasteiger partial charge in [-0.2, -0.15) is 0 Å². The van der Waals surface area contributed by atoms with Crippen molar-refractivity contribution in [2.75, 3.05) is 19.8 Å². The van der Waals surface area contributed by atoms with Crippen LogP contribution < -0.4 is 10.6 Å². The lowest BCUT2D eigenvalue weighted by atomic mass is 9.88. The summed E-state index contributed by atoms with van der Waals surface area (Å²) in [6, 6.07) is 1.39. The molecule has 0 aromatic heterocycles. The first kappa shape index (κ1) is 11.4. The van der Waals surface area contributed by atoms with E-state index in [1.165, 1.54) is 25.7 Å². The van der Waals surface area contributed by atoms with Crippen LogP contribution in [0, 0.1) is 0 Å². The van der Waals surface area contributed by atoms with E-state index < -0.39 is 0 Å². The van der Waals surface area contributed by atoms with Crippen LogP contribution in [0.2, 0.25) is 0 Å². The number of hydrogen-bond acceptors (Lipinski definition) is 3.